The molecule has 0 radical (unpaired) electrons. The Balaban J connectivity index is 1.89. The van der Waals surface area contributed by atoms with Crippen molar-refractivity contribution >= 4 is 11.8 Å². The fourth-order valence-electron chi connectivity index (χ4n) is 2.07. The molecule has 1 heterocycles. The number of hydrogen-bond acceptors (Lipinski definition) is 5. The van der Waals surface area contributed by atoms with Gasteiger partial charge in [0.2, 0.25) is 5.95 Å². The zero-order valence-corrected chi connectivity index (χ0v) is 13.1. The number of halogens is 1. The maximum Gasteiger partial charge on any atom is 0.244 e. The molecule has 1 aromatic carbocycles. The summed E-state index contributed by atoms with van der Waals surface area (Å²) in [5.41, 5.74) is 0.680. The highest BCUT2D eigenvalue weighted by Crippen LogP contribution is 2.10. The van der Waals surface area contributed by atoms with E-state index in [1.807, 2.05) is 13.1 Å². The van der Waals surface area contributed by atoms with Gasteiger partial charge in [0, 0.05) is 20.1 Å². The topological polar surface area (TPSA) is 53.9 Å². The van der Waals surface area contributed by atoms with Crippen LogP contribution in [0.25, 0.3) is 0 Å². The third-order valence-electron chi connectivity index (χ3n) is 3.42. The first-order chi connectivity index (χ1) is 10.7. The van der Waals surface area contributed by atoms with Gasteiger partial charge in [0.15, 0.2) is 5.82 Å². The van der Waals surface area contributed by atoms with E-state index in [1.165, 1.54) is 6.07 Å². The molecule has 0 saturated heterocycles. The Bertz CT molecular complexity index is 590. The summed E-state index contributed by atoms with van der Waals surface area (Å²) in [5, 5.41) is 11.0. The SMILES string of the molecule is CCCCN(C)c1cnnc(NCCc2ccccc2F)n1. The van der Waals surface area contributed by atoms with Crippen LogP contribution >= 0.6 is 0 Å². The number of benzene rings is 1. The summed E-state index contributed by atoms with van der Waals surface area (Å²) in [6, 6.07) is 6.77. The maximum atomic E-state index is 13.5. The van der Waals surface area contributed by atoms with E-state index in [1.54, 1.807) is 18.3 Å². The first-order valence-corrected chi connectivity index (χ1v) is 7.59. The third kappa shape index (κ3) is 4.65. The summed E-state index contributed by atoms with van der Waals surface area (Å²) in [4.78, 5) is 6.48. The van der Waals surface area contributed by atoms with Gasteiger partial charge >= 0.3 is 0 Å². The molecule has 1 N–H and O–H groups in total. The molecule has 1 aromatic heterocycles. The molecule has 0 spiro atoms. The highest BCUT2D eigenvalue weighted by atomic mass is 19.1. The van der Waals surface area contributed by atoms with Crippen molar-refractivity contribution in [2.24, 2.45) is 0 Å². The van der Waals surface area contributed by atoms with Gasteiger partial charge in [-0.1, -0.05) is 31.5 Å². The predicted octanol–water partition coefficient (Wildman–Crippen LogP) is 2.90. The number of aromatic nitrogens is 3. The standard InChI is InChI=1S/C16H22FN5/c1-3-4-11-22(2)15-12-19-21-16(20-15)18-10-9-13-7-5-6-8-14(13)17/h5-8,12H,3-4,9-11H2,1-2H3,(H,18,20,21). The molecule has 5 nitrogen and oxygen atoms in total. The van der Waals surface area contributed by atoms with Gasteiger partial charge in [-0.3, -0.25) is 0 Å². The molecule has 0 aliphatic rings. The Morgan fingerprint density at radius 2 is 2.09 bits per heavy atom. The lowest BCUT2D eigenvalue weighted by Crippen LogP contribution is -2.21. The highest BCUT2D eigenvalue weighted by molar-refractivity contribution is 5.39. The Kier molecular flexibility index (Phi) is 6.06. The highest BCUT2D eigenvalue weighted by Gasteiger charge is 2.06. The molecular weight excluding hydrogens is 281 g/mol. The van der Waals surface area contributed by atoms with E-state index < -0.39 is 0 Å². The summed E-state index contributed by atoms with van der Waals surface area (Å²) in [7, 11) is 1.99. The predicted molar refractivity (Wildman–Crippen MR) is 86.6 cm³/mol. The first-order valence-electron chi connectivity index (χ1n) is 7.59. The molecule has 0 atom stereocenters. The fraction of sp³-hybridized carbons (Fsp3) is 0.438. The van der Waals surface area contributed by atoms with Gasteiger partial charge in [0.05, 0.1) is 6.20 Å². The first kappa shape index (κ1) is 16.1. The second-order valence-electron chi connectivity index (χ2n) is 5.18. The summed E-state index contributed by atoms with van der Waals surface area (Å²) < 4.78 is 13.5. The molecule has 2 aromatic rings. The maximum absolute atomic E-state index is 13.5. The lowest BCUT2D eigenvalue weighted by Gasteiger charge is -2.17. The molecule has 0 amide bonds. The summed E-state index contributed by atoms with van der Waals surface area (Å²) in [5.74, 6) is 1.07. The minimum atomic E-state index is -0.184. The van der Waals surface area contributed by atoms with Crippen LogP contribution in [0.3, 0.4) is 0 Å². The number of rotatable bonds is 8. The monoisotopic (exact) mass is 303 g/mol. The minimum absolute atomic E-state index is 0.184. The van der Waals surface area contributed by atoms with Crippen LogP contribution in [0.5, 0.6) is 0 Å². The number of hydrogen-bond donors (Lipinski definition) is 1. The molecule has 0 unspecified atom stereocenters. The summed E-state index contributed by atoms with van der Waals surface area (Å²) in [6.45, 7) is 3.65. The lowest BCUT2D eigenvalue weighted by atomic mass is 10.1. The number of nitrogens with one attached hydrogen (secondary N) is 1. The van der Waals surface area contributed by atoms with E-state index in [0.29, 0.717) is 24.5 Å². The van der Waals surface area contributed by atoms with Gasteiger partial charge in [0.1, 0.15) is 5.82 Å². The van der Waals surface area contributed by atoms with Crippen LogP contribution in [0.4, 0.5) is 16.2 Å². The van der Waals surface area contributed by atoms with E-state index in [0.717, 1.165) is 25.2 Å². The van der Waals surface area contributed by atoms with Gasteiger partial charge in [-0.25, -0.2) is 4.39 Å². The molecule has 6 heteroatoms. The number of nitrogens with zero attached hydrogens (tertiary/aromatic N) is 4. The van der Waals surface area contributed by atoms with Crippen molar-refractivity contribution in [3.63, 3.8) is 0 Å². The minimum Gasteiger partial charge on any atom is -0.358 e. The molecule has 0 fully saturated rings. The molecule has 0 saturated carbocycles. The molecule has 0 aliphatic heterocycles. The van der Waals surface area contributed by atoms with Crippen LogP contribution < -0.4 is 10.2 Å². The molecule has 0 aliphatic carbocycles. The Morgan fingerprint density at radius 1 is 1.27 bits per heavy atom. The van der Waals surface area contributed by atoms with E-state index in [9.17, 15) is 4.39 Å². The second kappa shape index (κ2) is 8.26. The molecule has 118 valence electrons. The van der Waals surface area contributed by atoms with Crippen LogP contribution in [-0.4, -0.2) is 35.3 Å². The van der Waals surface area contributed by atoms with E-state index in [-0.39, 0.29) is 5.82 Å². The zero-order valence-electron chi connectivity index (χ0n) is 13.1. The van der Waals surface area contributed by atoms with E-state index >= 15 is 0 Å². The van der Waals surface area contributed by atoms with Crippen LogP contribution in [-0.2, 0) is 6.42 Å². The van der Waals surface area contributed by atoms with Crippen molar-refractivity contribution in [1.29, 1.82) is 0 Å². The van der Waals surface area contributed by atoms with E-state index in [4.69, 9.17) is 0 Å². The van der Waals surface area contributed by atoms with Crippen LogP contribution in [0, 0.1) is 5.82 Å². The van der Waals surface area contributed by atoms with E-state index in [2.05, 4.69) is 32.3 Å². The van der Waals surface area contributed by atoms with Gasteiger partial charge < -0.3 is 10.2 Å². The van der Waals surface area contributed by atoms with Crippen molar-refractivity contribution < 1.29 is 4.39 Å². The molecule has 0 bridgehead atoms. The average Bonchev–Trinajstić information content (AvgIpc) is 2.54. The average molecular weight is 303 g/mol. The van der Waals surface area contributed by atoms with Crippen molar-refractivity contribution in [2.75, 3.05) is 30.4 Å². The largest absolute Gasteiger partial charge is 0.358 e. The lowest BCUT2D eigenvalue weighted by molar-refractivity contribution is 0.610. The van der Waals surface area contributed by atoms with Crippen molar-refractivity contribution in [1.82, 2.24) is 15.2 Å². The van der Waals surface area contributed by atoms with Crippen LogP contribution in [0.15, 0.2) is 30.5 Å². The van der Waals surface area contributed by atoms with Gasteiger partial charge in [-0.15, -0.1) is 5.10 Å². The van der Waals surface area contributed by atoms with Gasteiger partial charge in [-0.05, 0) is 24.5 Å². The van der Waals surface area contributed by atoms with Crippen molar-refractivity contribution in [2.45, 2.75) is 26.2 Å². The third-order valence-corrected chi connectivity index (χ3v) is 3.42. The number of unbranched alkanes of at least 4 members (excludes halogenated alkanes) is 1. The van der Waals surface area contributed by atoms with Crippen molar-refractivity contribution in [3.05, 3.63) is 41.8 Å². The number of anilines is 2. The zero-order chi connectivity index (χ0) is 15.8. The Morgan fingerprint density at radius 3 is 2.86 bits per heavy atom. The second-order valence-corrected chi connectivity index (χ2v) is 5.18. The van der Waals surface area contributed by atoms with Crippen LogP contribution in [0.2, 0.25) is 0 Å². The fourth-order valence-corrected chi connectivity index (χ4v) is 2.07. The van der Waals surface area contributed by atoms with Crippen molar-refractivity contribution in [3.8, 4) is 0 Å². The molecule has 2 rings (SSSR count). The smallest absolute Gasteiger partial charge is 0.244 e. The Labute approximate surface area is 130 Å². The Hall–Kier alpha value is -2.24. The normalized spacial score (nSPS) is 10.5. The van der Waals surface area contributed by atoms with Gasteiger partial charge in [-0.2, -0.15) is 10.1 Å². The quantitative estimate of drug-likeness (QED) is 0.812. The molecule has 22 heavy (non-hydrogen) atoms. The summed E-state index contributed by atoms with van der Waals surface area (Å²) >= 11 is 0. The van der Waals surface area contributed by atoms with Crippen LogP contribution in [0.1, 0.15) is 25.3 Å². The molecular formula is C16H22FN5. The van der Waals surface area contributed by atoms with Gasteiger partial charge in [0.25, 0.3) is 0 Å². The summed E-state index contributed by atoms with van der Waals surface area (Å²) in [6.07, 6.45) is 4.47.